The molecule has 5 aliphatic heterocycles. The summed E-state index contributed by atoms with van der Waals surface area (Å²) in [5, 5.41) is 76.1. The molecule has 0 unspecified atom stereocenters. The largest absolute Gasteiger partial charge is 0.394 e. The van der Waals surface area contributed by atoms with E-state index < -0.39 is 104 Å². The van der Waals surface area contributed by atoms with E-state index in [1.807, 2.05) is 6.92 Å². The van der Waals surface area contributed by atoms with Crippen LogP contribution in [0.3, 0.4) is 0 Å². The molecule has 0 aromatic carbocycles. The highest BCUT2D eigenvalue weighted by Gasteiger charge is 2.69. The molecule has 4 aliphatic carbocycles. The number of rotatable bonds is 8. The van der Waals surface area contributed by atoms with Gasteiger partial charge in [0, 0.05) is 18.3 Å². The Morgan fingerprint density at radius 1 is 0.726 bits per heavy atom. The molecule has 8 fully saturated rings. The summed E-state index contributed by atoms with van der Waals surface area (Å²) in [5.41, 5.74) is 1.59. The Bertz CT molecular complexity index is 1610. The van der Waals surface area contributed by atoms with E-state index in [-0.39, 0.29) is 23.0 Å². The molecule has 0 amide bonds. The second-order valence-electron chi connectivity index (χ2n) is 21.7. The predicted octanol–water partition coefficient (Wildman–Crippen LogP) is 2.91. The Kier molecular flexibility index (Phi) is 12.9. The standard InChI is InChI=1S/C47H76O15/c1-8-30-36(51)34(49)22(3)42(58-30)60-40-37(52)32(19-48)59-44(41(40)61-43-39(54)38(53)35(50)24(5)56-43)57-26-12-14-45(6)25(17-26)9-10-27-28(45)13-15-46(7)29(27)18-31-33(46)23(4)47(62-31)16-11-21(2)20-55-47/h9,21-24,26-44,48-54H,8,10-20H2,1-7H3/t21-,22-,23+,24+,26+,27-,28+,29+,30-,31+,32-,33+,34-,35+,36-,37-,38-,39-,40+,41-,42+,43+,44-,45+,46+,47-/m1/s1. The highest BCUT2D eigenvalue weighted by Crippen LogP contribution is 2.70. The minimum Gasteiger partial charge on any atom is -0.394 e. The van der Waals surface area contributed by atoms with E-state index in [0.29, 0.717) is 48.3 Å². The molecule has 0 bridgehead atoms. The van der Waals surface area contributed by atoms with Crippen molar-refractivity contribution in [2.24, 2.45) is 52.3 Å². The lowest BCUT2D eigenvalue weighted by molar-refractivity contribution is -0.391. The van der Waals surface area contributed by atoms with Crippen molar-refractivity contribution in [3.05, 3.63) is 11.6 Å². The SMILES string of the molecule is CC[C@H]1O[C@@H](O[C@H]2[C@H](O)[C@@H](CO)O[C@@H](O[C@H]3CC[C@@]4(C)C(=CC[C@H]5[C@@H]6C[C@@H]7O[C@]8(CC[C@@H](C)CO8)[C@@H](C)[C@@H]7[C@@]6(C)CC[C@@H]54)C3)[C@@H]2O[C@@H]2O[C@@H](C)[C@H](O)[C@@H](O)[C@H]2O)[C@H](C)[C@@H](O)[C@@H]1O. The van der Waals surface area contributed by atoms with Crippen LogP contribution in [0.2, 0.25) is 0 Å². The van der Waals surface area contributed by atoms with Crippen molar-refractivity contribution in [1.82, 2.24) is 0 Å². The first-order valence-corrected chi connectivity index (χ1v) is 24.1. The van der Waals surface area contributed by atoms with Crippen molar-refractivity contribution in [3.8, 4) is 0 Å². The fraction of sp³-hybridized carbons (Fsp3) is 0.957. The van der Waals surface area contributed by atoms with Gasteiger partial charge in [-0.05, 0) is 105 Å². The molecule has 26 atom stereocenters. The Morgan fingerprint density at radius 2 is 1.47 bits per heavy atom. The van der Waals surface area contributed by atoms with Crippen molar-refractivity contribution >= 4 is 0 Å². The minimum absolute atomic E-state index is 0.000240. The fourth-order valence-corrected chi connectivity index (χ4v) is 14.4. The molecule has 15 heteroatoms. The van der Waals surface area contributed by atoms with E-state index in [1.54, 1.807) is 13.8 Å². The number of allylic oxidation sites excluding steroid dienone is 1. The first-order valence-electron chi connectivity index (χ1n) is 24.1. The van der Waals surface area contributed by atoms with Gasteiger partial charge in [0.25, 0.3) is 0 Å². The Hall–Kier alpha value is -0.860. The van der Waals surface area contributed by atoms with Crippen LogP contribution in [0.25, 0.3) is 0 Å². The molecule has 3 saturated carbocycles. The van der Waals surface area contributed by atoms with Gasteiger partial charge in [-0.1, -0.05) is 53.2 Å². The summed E-state index contributed by atoms with van der Waals surface area (Å²) in [5.74, 6) is 1.98. The molecule has 0 aromatic rings. The lowest BCUT2D eigenvalue weighted by Crippen LogP contribution is -2.66. The highest BCUT2D eigenvalue weighted by atomic mass is 16.8. The summed E-state index contributed by atoms with van der Waals surface area (Å²) in [6, 6.07) is 0. The minimum atomic E-state index is -1.67. The van der Waals surface area contributed by atoms with Crippen molar-refractivity contribution in [2.75, 3.05) is 13.2 Å². The van der Waals surface area contributed by atoms with Gasteiger partial charge in [0.1, 0.15) is 48.8 Å². The molecule has 7 N–H and O–H groups in total. The second kappa shape index (κ2) is 17.3. The third-order valence-electron chi connectivity index (χ3n) is 18.3. The van der Waals surface area contributed by atoms with Gasteiger partial charge in [0.15, 0.2) is 24.7 Å². The monoisotopic (exact) mass is 881 g/mol. The zero-order valence-electron chi connectivity index (χ0n) is 37.7. The number of aliphatic hydroxyl groups is 7. The number of hydrogen-bond donors (Lipinski definition) is 7. The van der Waals surface area contributed by atoms with Crippen LogP contribution in [0.1, 0.15) is 113 Å². The second-order valence-corrected chi connectivity index (χ2v) is 21.7. The van der Waals surface area contributed by atoms with Crippen LogP contribution in [0, 0.1) is 52.3 Å². The van der Waals surface area contributed by atoms with Gasteiger partial charge in [-0.15, -0.1) is 0 Å². The quantitative estimate of drug-likeness (QED) is 0.175. The third-order valence-corrected chi connectivity index (χ3v) is 18.3. The smallest absolute Gasteiger partial charge is 0.187 e. The number of ether oxygens (including phenoxy) is 8. The average Bonchev–Trinajstić information content (AvgIpc) is 3.70. The molecule has 0 radical (unpaired) electrons. The summed E-state index contributed by atoms with van der Waals surface area (Å²) < 4.78 is 51.6. The molecular formula is C47H76O15. The number of fused-ring (bicyclic) bond motifs is 7. The number of aliphatic hydroxyl groups excluding tert-OH is 7. The summed E-state index contributed by atoms with van der Waals surface area (Å²) in [4.78, 5) is 0. The Labute approximate surface area is 366 Å². The van der Waals surface area contributed by atoms with Crippen LogP contribution in [-0.4, -0.2) is 153 Å². The van der Waals surface area contributed by atoms with E-state index >= 15 is 0 Å². The maximum absolute atomic E-state index is 11.7. The van der Waals surface area contributed by atoms with E-state index in [2.05, 4.69) is 33.8 Å². The third kappa shape index (κ3) is 7.51. The fourth-order valence-electron chi connectivity index (χ4n) is 14.4. The molecule has 15 nitrogen and oxygen atoms in total. The van der Waals surface area contributed by atoms with Crippen molar-refractivity contribution in [3.63, 3.8) is 0 Å². The van der Waals surface area contributed by atoms with Gasteiger partial charge in [-0.25, -0.2) is 0 Å². The Balaban J connectivity index is 0.940. The van der Waals surface area contributed by atoms with Gasteiger partial charge in [0.05, 0.1) is 43.7 Å². The van der Waals surface area contributed by atoms with Crippen LogP contribution < -0.4 is 0 Å². The zero-order valence-corrected chi connectivity index (χ0v) is 37.7. The van der Waals surface area contributed by atoms with E-state index in [4.69, 9.17) is 37.9 Å². The van der Waals surface area contributed by atoms with E-state index in [1.165, 1.54) is 18.4 Å². The summed E-state index contributed by atoms with van der Waals surface area (Å²) in [6.07, 6.45) is -6.07. The van der Waals surface area contributed by atoms with E-state index in [9.17, 15) is 35.7 Å². The summed E-state index contributed by atoms with van der Waals surface area (Å²) in [7, 11) is 0. The molecule has 0 aromatic heterocycles. The van der Waals surface area contributed by atoms with Crippen LogP contribution in [0.4, 0.5) is 0 Å². The summed E-state index contributed by atoms with van der Waals surface area (Å²) in [6.45, 7) is 14.9. The van der Waals surface area contributed by atoms with Gasteiger partial charge in [0.2, 0.25) is 0 Å². The first-order chi connectivity index (χ1) is 29.4. The number of hydrogen-bond acceptors (Lipinski definition) is 15. The Morgan fingerprint density at radius 3 is 2.18 bits per heavy atom. The molecule has 354 valence electrons. The molecule has 9 rings (SSSR count). The van der Waals surface area contributed by atoms with Gasteiger partial charge in [-0.3, -0.25) is 0 Å². The van der Waals surface area contributed by atoms with Crippen LogP contribution in [-0.2, 0) is 37.9 Å². The van der Waals surface area contributed by atoms with Crippen LogP contribution in [0.5, 0.6) is 0 Å². The molecule has 5 heterocycles. The van der Waals surface area contributed by atoms with Crippen molar-refractivity contribution in [1.29, 1.82) is 0 Å². The van der Waals surface area contributed by atoms with Gasteiger partial charge in [-0.2, -0.15) is 0 Å². The average molecular weight is 881 g/mol. The molecule has 5 saturated heterocycles. The lowest BCUT2D eigenvalue weighted by Gasteiger charge is -2.59. The van der Waals surface area contributed by atoms with Crippen molar-refractivity contribution < 1.29 is 73.6 Å². The molecular weight excluding hydrogens is 805 g/mol. The van der Waals surface area contributed by atoms with Crippen LogP contribution >= 0.6 is 0 Å². The van der Waals surface area contributed by atoms with Gasteiger partial charge >= 0.3 is 0 Å². The van der Waals surface area contributed by atoms with Crippen molar-refractivity contribution in [2.45, 2.75) is 217 Å². The maximum Gasteiger partial charge on any atom is 0.187 e. The van der Waals surface area contributed by atoms with Gasteiger partial charge < -0.3 is 73.6 Å². The summed E-state index contributed by atoms with van der Waals surface area (Å²) >= 11 is 0. The lowest BCUT2D eigenvalue weighted by atomic mass is 9.47. The molecule has 62 heavy (non-hydrogen) atoms. The zero-order chi connectivity index (χ0) is 44.2. The molecule has 1 spiro atoms. The highest BCUT2D eigenvalue weighted by molar-refractivity contribution is 5.26. The van der Waals surface area contributed by atoms with Crippen LogP contribution in [0.15, 0.2) is 11.6 Å². The molecule has 9 aliphatic rings. The van der Waals surface area contributed by atoms with E-state index in [0.717, 1.165) is 45.1 Å². The predicted molar refractivity (Wildman–Crippen MR) is 221 cm³/mol. The maximum atomic E-state index is 11.7. The first kappa shape index (κ1) is 46.3. The normalized spacial score (nSPS) is 57.6. The topological polar surface area (TPSA) is 215 Å².